The average molecular weight is 243 g/mol. The summed E-state index contributed by atoms with van der Waals surface area (Å²) in [6, 6.07) is 7.55. The van der Waals surface area contributed by atoms with Crippen LogP contribution in [0.2, 0.25) is 5.02 Å². The van der Waals surface area contributed by atoms with Gasteiger partial charge in [0.25, 0.3) is 0 Å². The molecule has 0 bridgehead atoms. The molecule has 16 heavy (non-hydrogen) atoms. The van der Waals surface area contributed by atoms with Crippen LogP contribution in [-0.4, -0.2) is 16.3 Å². The van der Waals surface area contributed by atoms with Crippen LogP contribution < -0.4 is 0 Å². The molecule has 3 heteroatoms. The molecule has 0 radical (unpaired) electrons. The van der Waals surface area contributed by atoms with Crippen molar-refractivity contribution < 1.29 is 9.84 Å². The summed E-state index contributed by atoms with van der Waals surface area (Å²) in [4.78, 5) is 0. The van der Waals surface area contributed by atoms with Gasteiger partial charge in [-0.05, 0) is 39.3 Å². The molecule has 0 saturated heterocycles. The van der Waals surface area contributed by atoms with Crippen molar-refractivity contribution in [3.8, 4) is 0 Å². The predicted octanol–water partition coefficient (Wildman–Crippen LogP) is 3.41. The zero-order valence-corrected chi connectivity index (χ0v) is 11.0. The molecule has 1 rings (SSSR count). The van der Waals surface area contributed by atoms with Crippen LogP contribution in [0.4, 0.5) is 0 Å². The number of aliphatic hydroxyl groups is 1. The summed E-state index contributed by atoms with van der Waals surface area (Å²) in [7, 11) is 0. The van der Waals surface area contributed by atoms with Crippen molar-refractivity contribution >= 4 is 11.6 Å². The van der Waals surface area contributed by atoms with E-state index in [4.69, 9.17) is 16.3 Å². The van der Waals surface area contributed by atoms with Crippen LogP contribution in [0.15, 0.2) is 24.3 Å². The van der Waals surface area contributed by atoms with Gasteiger partial charge < -0.3 is 9.84 Å². The summed E-state index contributed by atoms with van der Waals surface area (Å²) in [6.07, 6.45) is 0. The van der Waals surface area contributed by atoms with Gasteiger partial charge in [0.15, 0.2) is 0 Å². The Morgan fingerprint density at radius 2 is 1.75 bits per heavy atom. The smallest absolute Gasteiger partial charge is 0.0911 e. The Kier molecular flexibility index (Phi) is 4.00. The first-order valence-corrected chi connectivity index (χ1v) is 5.71. The molecule has 1 N–H and O–H groups in total. The quantitative estimate of drug-likeness (QED) is 0.877. The monoisotopic (exact) mass is 242 g/mol. The van der Waals surface area contributed by atoms with Gasteiger partial charge in [0.2, 0.25) is 0 Å². The molecule has 0 aliphatic rings. The molecular formula is C13H19ClO2. The Labute approximate surface area is 102 Å². The lowest BCUT2D eigenvalue weighted by molar-refractivity contribution is -0.153. The highest BCUT2D eigenvalue weighted by Gasteiger charge is 2.36. The Morgan fingerprint density at radius 3 is 2.25 bits per heavy atom. The second-order valence-corrected chi connectivity index (χ2v) is 5.36. The zero-order chi connectivity index (χ0) is 12.4. The second-order valence-electron chi connectivity index (χ2n) is 4.95. The summed E-state index contributed by atoms with van der Waals surface area (Å²) in [5.74, 6) is 0. The summed E-state index contributed by atoms with van der Waals surface area (Å²) >= 11 is 6.02. The van der Waals surface area contributed by atoms with E-state index >= 15 is 0 Å². The second kappa shape index (κ2) is 4.74. The van der Waals surface area contributed by atoms with Crippen LogP contribution in [0.25, 0.3) is 0 Å². The minimum absolute atomic E-state index is 0.399. The fourth-order valence-electron chi connectivity index (χ4n) is 1.05. The number of ether oxygens (including phenoxy) is 1. The first-order valence-electron chi connectivity index (χ1n) is 5.34. The molecule has 0 unspecified atom stereocenters. The zero-order valence-electron chi connectivity index (χ0n) is 10.2. The molecule has 90 valence electrons. The molecule has 1 aromatic carbocycles. The molecule has 0 spiro atoms. The van der Waals surface area contributed by atoms with Gasteiger partial charge in [-0.1, -0.05) is 29.8 Å². The Bertz CT molecular complexity index is 353. The van der Waals surface area contributed by atoms with E-state index in [-0.39, 0.29) is 0 Å². The normalized spacial score (nSPS) is 12.9. The third-order valence-corrected chi connectivity index (χ3v) is 3.39. The van der Waals surface area contributed by atoms with E-state index < -0.39 is 11.2 Å². The van der Waals surface area contributed by atoms with Crippen molar-refractivity contribution in [2.75, 3.05) is 0 Å². The Balaban J connectivity index is 2.69. The highest BCUT2D eigenvalue weighted by molar-refractivity contribution is 6.31. The van der Waals surface area contributed by atoms with Crippen molar-refractivity contribution in [3.05, 3.63) is 34.9 Å². The summed E-state index contributed by atoms with van der Waals surface area (Å²) in [6.45, 7) is 7.60. The van der Waals surface area contributed by atoms with Crippen LogP contribution in [0.5, 0.6) is 0 Å². The number of rotatable bonds is 4. The number of halogens is 1. The summed E-state index contributed by atoms with van der Waals surface area (Å²) in [5.41, 5.74) is -0.582. The van der Waals surface area contributed by atoms with Crippen molar-refractivity contribution in [2.45, 2.75) is 45.5 Å². The van der Waals surface area contributed by atoms with E-state index in [0.29, 0.717) is 11.6 Å². The molecule has 2 nitrogen and oxygen atoms in total. The predicted molar refractivity (Wildman–Crippen MR) is 66.6 cm³/mol. The van der Waals surface area contributed by atoms with Crippen LogP contribution >= 0.6 is 11.6 Å². The molecule has 0 aliphatic carbocycles. The van der Waals surface area contributed by atoms with E-state index in [2.05, 4.69) is 0 Å². The van der Waals surface area contributed by atoms with Crippen molar-refractivity contribution in [2.24, 2.45) is 0 Å². The first kappa shape index (κ1) is 13.5. The van der Waals surface area contributed by atoms with Crippen molar-refractivity contribution in [1.82, 2.24) is 0 Å². The standard InChI is InChI=1S/C13H19ClO2/c1-12(2,15)13(3,4)16-9-10-7-5-6-8-11(10)14/h5-8,15H,9H2,1-4H3. The fourth-order valence-corrected chi connectivity index (χ4v) is 1.24. The lowest BCUT2D eigenvalue weighted by Gasteiger charge is -2.37. The number of benzene rings is 1. The maximum atomic E-state index is 9.93. The largest absolute Gasteiger partial charge is 0.387 e. The third kappa shape index (κ3) is 3.21. The van der Waals surface area contributed by atoms with Gasteiger partial charge in [-0.25, -0.2) is 0 Å². The van der Waals surface area contributed by atoms with Crippen LogP contribution in [0.1, 0.15) is 33.3 Å². The van der Waals surface area contributed by atoms with Crippen LogP contribution in [-0.2, 0) is 11.3 Å². The highest BCUT2D eigenvalue weighted by Crippen LogP contribution is 2.27. The topological polar surface area (TPSA) is 29.5 Å². The van der Waals surface area contributed by atoms with Gasteiger partial charge in [-0.15, -0.1) is 0 Å². The van der Waals surface area contributed by atoms with Gasteiger partial charge in [-0.2, -0.15) is 0 Å². The minimum Gasteiger partial charge on any atom is -0.387 e. The van der Waals surface area contributed by atoms with Crippen molar-refractivity contribution in [3.63, 3.8) is 0 Å². The Hall–Kier alpha value is -0.570. The molecular weight excluding hydrogens is 224 g/mol. The number of hydrogen-bond acceptors (Lipinski definition) is 2. The Morgan fingerprint density at radius 1 is 1.19 bits per heavy atom. The summed E-state index contributed by atoms with van der Waals surface area (Å²) in [5, 5.41) is 10.6. The molecule has 0 amide bonds. The fraction of sp³-hybridized carbons (Fsp3) is 0.538. The van der Waals surface area contributed by atoms with Crippen LogP contribution in [0, 0.1) is 0 Å². The average Bonchev–Trinajstić information content (AvgIpc) is 2.15. The van der Waals surface area contributed by atoms with Gasteiger partial charge in [-0.3, -0.25) is 0 Å². The van der Waals surface area contributed by atoms with E-state index in [9.17, 15) is 5.11 Å². The molecule has 1 aromatic rings. The first-order chi connectivity index (χ1) is 7.24. The highest BCUT2D eigenvalue weighted by atomic mass is 35.5. The molecule has 0 heterocycles. The van der Waals surface area contributed by atoms with Gasteiger partial charge in [0, 0.05) is 5.02 Å². The van der Waals surface area contributed by atoms with Crippen LogP contribution in [0.3, 0.4) is 0 Å². The summed E-state index contributed by atoms with van der Waals surface area (Å²) < 4.78 is 5.73. The van der Waals surface area contributed by atoms with Gasteiger partial charge in [0.1, 0.15) is 0 Å². The molecule has 0 aliphatic heterocycles. The maximum absolute atomic E-state index is 9.93. The van der Waals surface area contributed by atoms with Crippen molar-refractivity contribution in [1.29, 1.82) is 0 Å². The molecule has 0 aromatic heterocycles. The van der Waals surface area contributed by atoms with E-state index in [1.165, 1.54) is 0 Å². The minimum atomic E-state index is -0.895. The third-order valence-electron chi connectivity index (χ3n) is 3.02. The lowest BCUT2D eigenvalue weighted by atomic mass is 9.89. The number of hydrogen-bond donors (Lipinski definition) is 1. The van der Waals surface area contributed by atoms with Gasteiger partial charge >= 0.3 is 0 Å². The SMILES string of the molecule is CC(C)(O)C(C)(C)OCc1ccccc1Cl. The van der Waals surface area contributed by atoms with E-state index in [1.807, 2.05) is 38.1 Å². The van der Waals surface area contributed by atoms with E-state index in [1.54, 1.807) is 13.8 Å². The molecule has 0 saturated carbocycles. The van der Waals surface area contributed by atoms with E-state index in [0.717, 1.165) is 5.56 Å². The molecule has 0 atom stereocenters. The molecule has 0 fully saturated rings. The lowest BCUT2D eigenvalue weighted by Crippen LogP contribution is -2.47. The van der Waals surface area contributed by atoms with Gasteiger partial charge in [0.05, 0.1) is 17.8 Å². The maximum Gasteiger partial charge on any atom is 0.0911 e.